The van der Waals surface area contributed by atoms with Gasteiger partial charge in [0.25, 0.3) is 5.91 Å². The van der Waals surface area contributed by atoms with Gasteiger partial charge in [0.05, 0.1) is 0 Å². The number of halogens is 5. The quantitative estimate of drug-likeness (QED) is 0.509. The highest BCUT2D eigenvalue weighted by molar-refractivity contribution is 5.98. The van der Waals surface area contributed by atoms with Gasteiger partial charge in [-0.1, -0.05) is 0 Å². The molecule has 110 valence electrons. The van der Waals surface area contributed by atoms with Gasteiger partial charge in [-0.15, -0.1) is 0 Å². The minimum absolute atomic E-state index is 0.972. The Kier molecular flexibility index (Phi) is 4.02. The fraction of sp³-hybridized carbons (Fsp3) is 0.273. The summed E-state index contributed by atoms with van der Waals surface area (Å²) in [7, 11) is 0. The van der Waals surface area contributed by atoms with Gasteiger partial charge < -0.3 is 10.4 Å². The lowest BCUT2D eigenvalue weighted by Gasteiger charge is -2.21. The van der Waals surface area contributed by atoms with E-state index in [1.807, 2.05) is 0 Å². The summed E-state index contributed by atoms with van der Waals surface area (Å²) in [5, 5.41) is 10.4. The van der Waals surface area contributed by atoms with Gasteiger partial charge in [0.15, 0.2) is 23.3 Å². The van der Waals surface area contributed by atoms with Crippen LogP contribution in [0.5, 0.6) is 0 Å². The zero-order valence-corrected chi connectivity index (χ0v) is 10.2. The molecule has 0 radical (unpaired) electrons. The molecule has 2 N–H and O–H groups in total. The molecule has 0 spiro atoms. The lowest BCUT2D eigenvalue weighted by molar-refractivity contribution is -0.143. The Morgan fingerprint density at radius 3 is 1.60 bits per heavy atom. The zero-order chi connectivity index (χ0) is 15.8. The normalized spacial score (nSPS) is 11.3. The van der Waals surface area contributed by atoms with Crippen LogP contribution in [-0.2, 0) is 4.79 Å². The van der Waals surface area contributed by atoms with Crippen LogP contribution in [0, 0.1) is 29.1 Å². The number of carbonyl (C=O) groups excluding carboxylic acids is 1. The first-order valence-corrected chi connectivity index (χ1v) is 5.08. The molecule has 0 bridgehead atoms. The van der Waals surface area contributed by atoms with Crippen molar-refractivity contribution in [3.8, 4) is 0 Å². The molecule has 0 saturated heterocycles. The smallest absolute Gasteiger partial charge is 0.328 e. The van der Waals surface area contributed by atoms with E-state index in [-0.39, 0.29) is 0 Å². The van der Waals surface area contributed by atoms with Gasteiger partial charge in [0.2, 0.25) is 5.82 Å². The Morgan fingerprint density at radius 2 is 1.25 bits per heavy atom. The molecule has 0 aliphatic rings. The van der Waals surface area contributed by atoms with Crippen LogP contribution in [0.1, 0.15) is 24.2 Å². The van der Waals surface area contributed by atoms with Crippen LogP contribution in [-0.4, -0.2) is 22.5 Å². The predicted molar refractivity (Wildman–Crippen MR) is 55.4 cm³/mol. The van der Waals surface area contributed by atoms with E-state index in [1.54, 1.807) is 5.32 Å². The molecule has 0 aliphatic carbocycles. The number of amides is 1. The molecule has 20 heavy (non-hydrogen) atoms. The first kappa shape index (κ1) is 15.9. The van der Waals surface area contributed by atoms with Crippen LogP contribution in [0.25, 0.3) is 0 Å². The lowest BCUT2D eigenvalue weighted by Crippen LogP contribution is -2.50. The SMILES string of the molecule is CC(C)(NC(=O)c1c(F)c(F)c(F)c(F)c1F)C(=O)O. The highest BCUT2D eigenvalue weighted by Gasteiger charge is 2.34. The molecule has 0 saturated carbocycles. The topological polar surface area (TPSA) is 66.4 Å². The molecule has 0 heterocycles. The largest absolute Gasteiger partial charge is 0.480 e. The molecule has 0 fully saturated rings. The molecular weight excluding hydrogens is 289 g/mol. The molecule has 4 nitrogen and oxygen atoms in total. The van der Waals surface area contributed by atoms with Crippen molar-refractivity contribution in [3.63, 3.8) is 0 Å². The summed E-state index contributed by atoms with van der Waals surface area (Å²) >= 11 is 0. The second kappa shape index (κ2) is 5.06. The van der Waals surface area contributed by atoms with E-state index in [0.29, 0.717) is 0 Å². The lowest BCUT2D eigenvalue weighted by atomic mass is 10.0. The van der Waals surface area contributed by atoms with E-state index >= 15 is 0 Å². The van der Waals surface area contributed by atoms with Gasteiger partial charge >= 0.3 is 5.97 Å². The van der Waals surface area contributed by atoms with Crippen molar-refractivity contribution in [1.29, 1.82) is 0 Å². The first-order chi connectivity index (χ1) is 9.00. The number of rotatable bonds is 3. The third-order valence-electron chi connectivity index (χ3n) is 2.40. The summed E-state index contributed by atoms with van der Waals surface area (Å²) < 4.78 is 65.2. The summed E-state index contributed by atoms with van der Waals surface area (Å²) in [6, 6.07) is 0. The van der Waals surface area contributed by atoms with E-state index in [4.69, 9.17) is 5.11 Å². The number of hydrogen-bond acceptors (Lipinski definition) is 2. The van der Waals surface area contributed by atoms with Crippen molar-refractivity contribution < 1.29 is 36.6 Å². The Balaban J connectivity index is 3.35. The van der Waals surface area contributed by atoms with Gasteiger partial charge in [0.1, 0.15) is 11.1 Å². The van der Waals surface area contributed by atoms with Crippen molar-refractivity contribution in [1.82, 2.24) is 5.32 Å². The van der Waals surface area contributed by atoms with Crippen molar-refractivity contribution in [2.45, 2.75) is 19.4 Å². The summed E-state index contributed by atoms with van der Waals surface area (Å²) in [5.41, 5.74) is -3.70. The number of carboxylic acids is 1. The Bertz CT molecular complexity index is 571. The molecule has 0 atom stereocenters. The van der Waals surface area contributed by atoms with Crippen LogP contribution >= 0.6 is 0 Å². The highest BCUT2D eigenvalue weighted by Crippen LogP contribution is 2.23. The number of aliphatic carboxylic acids is 1. The van der Waals surface area contributed by atoms with Gasteiger partial charge in [-0.3, -0.25) is 4.79 Å². The maximum atomic E-state index is 13.3. The number of carboxylic acid groups (broad SMARTS) is 1. The predicted octanol–water partition coefficient (Wildman–Crippen LogP) is 1.98. The minimum Gasteiger partial charge on any atom is -0.480 e. The van der Waals surface area contributed by atoms with Crippen LogP contribution in [0.3, 0.4) is 0 Å². The van der Waals surface area contributed by atoms with Crippen molar-refractivity contribution in [2.24, 2.45) is 0 Å². The molecule has 9 heteroatoms. The summed E-state index contributed by atoms with van der Waals surface area (Å²) in [6.45, 7) is 1.94. The van der Waals surface area contributed by atoms with Crippen molar-refractivity contribution in [3.05, 3.63) is 34.6 Å². The van der Waals surface area contributed by atoms with Crippen LogP contribution in [0.2, 0.25) is 0 Å². The molecule has 1 aromatic carbocycles. The van der Waals surface area contributed by atoms with Gasteiger partial charge in [-0.2, -0.15) is 0 Å². The summed E-state index contributed by atoms with van der Waals surface area (Å²) in [4.78, 5) is 22.2. The number of hydrogen-bond donors (Lipinski definition) is 2. The van der Waals surface area contributed by atoms with Crippen LogP contribution in [0.15, 0.2) is 0 Å². The first-order valence-electron chi connectivity index (χ1n) is 5.08. The van der Waals surface area contributed by atoms with E-state index in [1.165, 1.54) is 0 Å². The standard InChI is InChI=1S/C11H8F5NO3/c1-11(2,10(19)20)17-9(18)3-4(12)6(14)8(16)7(15)5(3)13/h1-2H3,(H,17,18)(H,19,20). The third-order valence-corrected chi connectivity index (χ3v) is 2.40. The van der Waals surface area contributed by atoms with Crippen molar-refractivity contribution in [2.75, 3.05) is 0 Å². The summed E-state index contributed by atoms with van der Waals surface area (Å²) in [6.07, 6.45) is 0. The van der Waals surface area contributed by atoms with Gasteiger partial charge in [-0.25, -0.2) is 26.7 Å². The fourth-order valence-electron chi connectivity index (χ4n) is 1.20. The Hall–Kier alpha value is -2.19. The minimum atomic E-state index is -2.41. The number of benzene rings is 1. The van der Waals surface area contributed by atoms with Gasteiger partial charge in [-0.05, 0) is 13.8 Å². The average Bonchev–Trinajstić information content (AvgIpc) is 2.33. The summed E-state index contributed by atoms with van der Waals surface area (Å²) in [5.74, 6) is -14.9. The van der Waals surface area contributed by atoms with Crippen LogP contribution in [0.4, 0.5) is 22.0 Å². The van der Waals surface area contributed by atoms with Crippen LogP contribution < -0.4 is 5.32 Å². The van der Waals surface area contributed by atoms with Crippen molar-refractivity contribution >= 4 is 11.9 Å². The van der Waals surface area contributed by atoms with E-state index in [0.717, 1.165) is 13.8 Å². The van der Waals surface area contributed by atoms with E-state index < -0.39 is 52.1 Å². The average molecular weight is 297 g/mol. The number of carbonyl (C=O) groups is 2. The molecule has 1 aromatic rings. The fourth-order valence-corrected chi connectivity index (χ4v) is 1.20. The van der Waals surface area contributed by atoms with E-state index in [2.05, 4.69) is 0 Å². The van der Waals surface area contributed by atoms with E-state index in [9.17, 15) is 31.5 Å². The second-order valence-corrected chi connectivity index (χ2v) is 4.33. The molecule has 1 rings (SSSR count). The second-order valence-electron chi connectivity index (χ2n) is 4.33. The maximum Gasteiger partial charge on any atom is 0.328 e. The molecule has 0 aliphatic heterocycles. The van der Waals surface area contributed by atoms with Gasteiger partial charge in [0, 0.05) is 0 Å². The Morgan fingerprint density at radius 1 is 0.900 bits per heavy atom. The number of nitrogens with one attached hydrogen (secondary N) is 1. The zero-order valence-electron chi connectivity index (χ0n) is 10.2. The monoisotopic (exact) mass is 297 g/mol. The molecule has 1 amide bonds. The Labute approximate surface area is 109 Å². The molecule has 0 aromatic heterocycles. The molecule has 0 unspecified atom stereocenters. The third kappa shape index (κ3) is 2.56. The molecular formula is C11H8F5NO3. The maximum absolute atomic E-state index is 13.3. The highest BCUT2D eigenvalue weighted by atomic mass is 19.2.